The number of carbonyl (C=O) groups is 2. The highest BCUT2D eigenvalue weighted by Crippen LogP contribution is 2.36. The van der Waals surface area contributed by atoms with E-state index in [1.165, 1.54) is 13.0 Å². The molecule has 0 atom stereocenters. The van der Waals surface area contributed by atoms with Crippen LogP contribution in [0.5, 0.6) is 0 Å². The molecule has 2 N–H and O–H groups in total. The zero-order chi connectivity index (χ0) is 16.8. The van der Waals surface area contributed by atoms with Crippen molar-refractivity contribution in [1.82, 2.24) is 0 Å². The molecule has 2 amide bonds. The maximum atomic E-state index is 13.1. The first kappa shape index (κ1) is 18.0. The average Bonchev–Trinajstić information content (AvgIpc) is 2.39. The molecule has 1 aromatic rings. The van der Waals surface area contributed by atoms with Gasteiger partial charge in [-0.15, -0.1) is 0 Å². The molecular formula is C15H19F3N2O2. The summed E-state index contributed by atoms with van der Waals surface area (Å²) < 4.78 is 39.2. The van der Waals surface area contributed by atoms with Crippen molar-refractivity contribution < 1.29 is 22.8 Å². The van der Waals surface area contributed by atoms with Gasteiger partial charge < -0.3 is 10.6 Å². The number of benzene rings is 1. The molecule has 1 aromatic carbocycles. The zero-order valence-corrected chi connectivity index (χ0v) is 12.5. The van der Waals surface area contributed by atoms with Gasteiger partial charge in [0.1, 0.15) is 0 Å². The summed E-state index contributed by atoms with van der Waals surface area (Å²) in [6.45, 7) is 3.18. The quantitative estimate of drug-likeness (QED) is 0.773. The number of rotatable bonds is 6. The minimum atomic E-state index is -4.62. The molecule has 0 radical (unpaired) electrons. The van der Waals surface area contributed by atoms with Crippen LogP contribution in [0, 0.1) is 0 Å². The molecule has 122 valence electrons. The lowest BCUT2D eigenvalue weighted by Gasteiger charge is -2.15. The maximum Gasteiger partial charge on any atom is 0.418 e. The van der Waals surface area contributed by atoms with Crippen molar-refractivity contribution in [1.29, 1.82) is 0 Å². The Bertz CT molecular complexity index is 542. The van der Waals surface area contributed by atoms with Crippen molar-refractivity contribution in [2.75, 3.05) is 10.6 Å². The standard InChI is InChI=1S/C15H19F3N2O2/c1-3-4-5-6-14(22)20-13-8-7-11(19-10(2)21)9-12(13)15(16,17)18/h7-9H,3-6H2,1-2H3,(H,19,21)(H,20,22). The summed E-state index contributed by atoms with van der Waals surface area (Å²) >= 11 is 0. The number of anilines is 2. The monoisotopic (exact) mass is 316 g/mol. The zero-order valence-electron chi connectivity index (χ0n) is 12.5. The number of amides is 2. The number of nitrogens with one attached hydrogen (secondary N) is 2. The van der Waals surface area contributed by atoms with Gasteiger partial charge in [0.25, 0.3) is 0 Å². The van der Waals surface area contributed by atoms with Gasteiger partial charge in [-0.05, 0) is 24.6 Å². The van der Waals surface area contributed by atoms with Crippen LogP contribution in [-0.4, -0.2) is 11.8 Å². The molecule has 0 aliphatic rings. The van der Waals surface area contributed by atoms with Crippen LogP contribution in [0.3, 0.4) is 0 Å². The van der Waals surface area contributed by atoms with E-state index >= 15 is 0 Å². The largest absolute Gasteiger partial charge is 0.418 e. The molecule has 0 aromatic heterocycles. The van der Waals surface area contributed by atoms with Gasteiger partial charge in [0.2, 0.25) is 11.8 Å². The van der Waals surface area contributed by atoms with Crippen LogP contribution in [0.2, 0.25) is 0 Å². The second kappa shape index (κ2) is 7.82. The summed E-state index contributed by atoms with van der Waals surface area (Å²) in [5.74, 6) is -0.921. The van der Waals surface area contributed by atoms with Gasteiger partial charge in [-0.25, -0.2) is 0 Å². The summed E-state index contributed by atoms with van der Waals surface area (Å²) in [7, 11) is 0. The van der Waals surface area contributed by atoms with E-state index in [4.69, 9.17) is 0 Å². The number of halogens is 3. The van der Waals surface area contributed by atoms with Gasteiger partial charge in [0, 0.05) is 19.0 Å². The van der Waals surface area contributed by atoms with Crippen LogP contribution in [-0.2, 0) is 15.8 Å². The summed E-state index contributed by atoms with van der Waals surface area (Å²) in [4.78, 5) is 22.6. The number of alkyl halides is 3. The van der Waals surface area contributed by atoms with Crippen molar-refractivity contribution in [3.05, 3.63) is 23.8 Å². The number of hydrogen-bond donors (Lipinski definition) is 2. The third-order valence-electron chi connectivity index (χ3n) is 2.93. The molecule has 22 heavy (non-hydrogen) atoms. The Kier molecular flexibility index (Phi) is 6.39. The van der Waals surface area contributed by atoms with E-state index in [0.717, 1.165) is 25.0 Å². The van der Waals surface area contributed by atoms with E-state index in [2.05, 4.69) is 10.6 Å². The lowest BCUT2D eigenvalue weighted by atomic mass is 10.1. The molecule has 4 nitrogen and oxygen atoms in total. The molecule has 0 aliphatic carbocycles. The van der Waals surface area contributed by atoms with E-state index < -0.39 is 23.6 Å². The molecule has 0 fully saturated rings. The van der Waals surface area contributed by atoms with Gasteiger partial charge in [-0.2, -0.15) is 13.2 Å². The third kappa shape index (κ3) is 5.75. The van der Waals surface area contributed by atoms with Crippen LogP contribution >= 0.6 is 0 Å². The topological polar surface area (TPSA) is 58.2 Å². The van der Waals surface area contributed by atoms with Crippen LogP contribution in [0.1, 0.15) is 45.1 Å². The maximum absolute atomic E-state index is 13.1. The predicted octanol–water partition coefficient (Wildman–Crippen LogP) is 4.18. The Morgan fingerprint density at radius 1 is 1.14 bits per heavy atom. The molecular weight excluding hydrogens is 297 g/mol. The highest BCUT2D eigenvalue weighted by atomic mass is 19.4. The number of carbonyl (C=O) groups excluding carboxylic acids is 2. The van der Waals surface area contributed by atoms with Crippen molar-refractivity contribution in [3.63, 3.8) is 0 Å². The van der Waals surface area contributed by atoms with Gasteiger partial charge >= 0.3 is 6.18 Å². The highest BCUT2D eigenvalue weighted by Gasteiger charge is 2.34. The Morgan fingerprint density at radius 3 is 2.36 bits per heavy atom. The van der Waals surface area contributed by atoms with Crippen LogP contribution < -0.4 is 10.6 Å². The summed E-state index contributed by atoms with van der Waals surface area (Å²) in [5.41, 5.74) is -1.26. The summed E-state index contributed by atoms with van der Waals surface area (Å²) in [5, 5.41) is 4.57. The van der Waals surface area contributed by atoms with E-state index in [-0.39, 0.29) is 17.8 Å². The number of unbranched alkanes of at least 4 members (excludes halogenated alkanes) is 2. The fourth-order valence-corrected chi connectivity index (χ4v) is 1.92. The lowest BCUT2D eigenvalue weighted by molar-refractivity contribution is -0.137. The van der Waals surface area contributed by atoms with Crippen molar-refractivity contribution >= 4 is 23.2 Å². The molecule has 0 spiro atoms. The average molecular weight is 316 g/mol. The first-order valence-corrected chi connectivity index (χ1v) is 7.02. The van der Waals surface area contributed by atoms with Crippen LogP contribution in [0.25, 0.3) is 0 Å². The smallest absolute Gasteiger partial charge is 0.326 e. The molecule has 0 saturated carbocycles. The van der Waals surface area contributed by atoms with Crippen LogP contribution in [0.4, 0.5) is 24.5 Å². The van der Waals surface area contributed by atoms with E-state index in [0.29, 0.717) is 6.42 Å². The van der Waals surface area contributed by atoms with E-state index in [1.807, 2.05) is 6.92 Å². The van der Waals surface area contributed by atoms with Gasteiger partial charge in [0.05, 0.1) is 11.3 Å². The molecule has 1 rings (SSSR count). The number of hydrogen-bond acceptors (Lipinski definition) is 2. The fraction of sp³-hybridized carbons (Fsp3) is 0.467. The predicted molar refractivity (Wildman–Crippen MR) is 78.5 cm³/mol. The summed E-state index contributed by atoms with van der Waals surface area (Å²) in [6, 6.07) is 3.27. The van der Waals surface area contributed by atoms with Crippen molar-refractivity contribution in [2.45, 2.75) is 45.7 Å². The molecule has 0 bridgehead atoms. The summed E-state index contributed by atoms with van der Waals surface area (Å²) in [6.07, 6.45) is -2.04. The van der Waals surface area contributed by atoms with E-state index in [9.17, 15) is 22.8 Å². The molecule has 7 heteroatoms. The van der Waals surface area contributed by atoms with Gasteiger partial charge in [-0.1, -0.05) is 19.8 Å². The molecule has 0 saturated heterocycles. The van der Waals surface area contributed by atoms with E-state index in [1.54, 1.807) is 0 Å². The first-order chi connectivity index (χ1) is 10.2. The highest BCUT2D eigenvalue weighted by molar-refractivity contribution is 5.93. The van der Waals surface area contributed by atoms with Gasteiger partial charge in [-0.3, -0.25) is 9.59 Å². The second-order valence-electron chi connectivity index (χ2n) is 4.94. The Morgan fingerprint density at radius 2 is 1.82 bits per heavy atom. The van der Waals surface area contributed by atoms with Gasteiger partial charge in [0.15, 0.2) is 0 Å². The van der Waals surface area contributed by atoms with Crippen LogP contribution in [0.15, 0.2) is 18.2 Å². The molecule has 0 unspecified atom stereocenters. The molecule has 0 heterocycles. The SMILES string of the molecule is CCCCCC(=O)Nc1ccc(NC(C)=O)cc1C(F)(F)F. The lowest BCUT2D eigenvalue weighted by Crippen LogP contribution is -2.17. The Hall–Kier alpha value is -2.05. The minimum Gasteiger partial charge on any atom is -0.326 e. The van der Waals surface area contributed by atoms with Crippen molar-refractivity contribution in [3.8, 4) is 0 Å². The molecule has 0 aliphatic heterocycles. The third-order valence-corrected chi connectivity index (χ3v) is 2.93. The Balaban J connectivity index is 2.93. The Labute approximate surface area is 127 Å². The minimum absolute atomic E-state index is 0.0313. The normalized spacial score (nSPS) is 11.1. The second-order valence-corrected chi connectivity index (χ2v) is 4.94. The first-order valence-electron chi connectivity index (χ1n) is 7.02. The fourth-order valence-electron chi connectivity index (χ4n) is 1.92. The van der Waals surface area contributed by atoms with Crippen molar-refractivity contribution in [2.24, 2.45) is 0 Å².